The lowest BCUT2D eigenvalue weighted by Gasteiger charge is -2.07. The van der Waals surface area contributed by atoms with Crippen molar-refractivity contribution in [2.45, 2.75) is 0 Å². The first-order valence-electron chi connectivity index (χ1n) is 8.80. The quantitative estimate of drug-likeness (QED) is 0.216. The molecule has 0 saturated heterocycles. The van der Waals surface area contributed by atoms with Crippen molar-refractivity contribution in [2.75, 3.05) is 5.32 Å². The number of hydrogen-bond acceptors (Lipinski definition) is 5. The number of benzene rings is 3. The van der Waals surface area contributed by atoms with E-state index in [1.54, 1.807) is 78.9 Å². The standard InChI is InChI=1S/C22H16ClN3O4/c23-17-11-5-6-12-18(17)25-20(27)21(28)26-24-14-16-10-4-7-13-19(16)30-22(29)15-8-2-1-3-9-15/h1-14H,(H,25,27)(H,26,28). The molecule has 0 heterocycles. The summed E-state index contributed by atoms with van der Waals surface area (Å²) < 4.78 is 5.39. The molecule has 8 heteroatoms. The number of ether oxygens (including phenoxy) is 1. The van der Waals surface area contributed by atoms with E-state index in [0.717, 1.165) is 0 Å². The summed E-state index contributed by atoms with van der Waals surface area (Å²) in [4.78, 5) is 36.1. The number of hydrogen-bond donors (Lipinski definition) is 2. The van der Waals surface area contributed by atoms with Crippen LogP contribution in [0.15, 0.2) is 84.0 Å². The highest BCUT2D eigenvalue weighted by atomic mass is 35.5. The molecule has 0 unspecified atom stereocenters. The van der Waals surface area contributed by atoms with Gasteiger partial charge >= 0.3 is 17.8 Å². The van der Waals surface area contributed by atoms with Crippen LogP contribution in [0.25, 0.3) is 0 Å². The van der Waals surface area contributed by atoms with Crippen LogP contribution in [0.1, 0.15) is 15.9 Å². The minimum atomic E-state index is -0.982. The predicted molar refractivity (Wildman–Crippen MR) is 114 cm³/mol. The fourth-order valence-corrected chi connectivity index (χ4v) is 2.55. The van der Waals surface area contributed by atoms with Gasteiger partial charge in [0.05, 0.1) is 22.5 Å². The summed E-state index contributed by atoms with van der Waals surface area (Å²) in [6.45, 7) is 0. The van der Waals surface area contributed by atoms with Crippen molar-refractivity contribution >= 4 is 41.3 Å². The van der Waals surface area contributed by atoms with E-state index in [9.17, 15) is 14.4 Å². The molecule has 3 aromatic rings. The molecular formula is C22H16ClN3O4. The Kier molecular flexibility index (Phi) is 6.91. The summed E-state index contributed by atoms with van der Waals surface area (Å²) in [5, 5.41) is 6.45. The van der Waals surface area contributed by atoms with Crippen molar-refractivity contribution < 1.29 is 19.1 Å². The number of halogens is 1. The number of rotatable bonds is 5. The molecule has 2 amide bonds. The van der Waals surface area contributed by atoms with Gasteiger partial charge in [-0.1, -0.05) is 54.1 Å². The number of esters is 1. The molecule has 2 N–H and O–H groups in total. The Labute approximate surface area is 177 Å². The number of nitrogens with zero attached hydrogens (tertiary/aromatic N) is 1. The number of nitrogens with one attached hydrogen (secondary N) is 2. The topological polar surface area (TPSA) is 96.9 Å². The highest BCUT2D eigenvalue weighted by Crippen LogP contribution is 2.20. The minimum absolute atomic E-state index is 0.255. The van der Waals surface area contributed by atoms with Crippen molar-refractivity contribution in [3.8, 4) is 5.75 Å². The molecule has 30 heavy (non-hydrogen) atoms. The summed E-state index contributed by atoms with van der Waals surface area (Å²) in [6.07, 6.45) is 1.27. The minimum Gasteiger partial charge on any atom is -0.422 e. The van der Waals surface area contributed by atoms with Crippen LogP contribution in [0.5, 0.6) is 5.75 Å². The van der Waals surface area contributed by atoms with Crippen LogP contribution in [0.3, 0.4) is 0 Å². The normalized spacial score (nSPS) is 10.4. The number of carbonyl (C=O) groups is 3. The first-order valence-corrected chi connectivity index (χ1v) is 9.17. The maximum absolute atomic E-state index is 12.2. The fraction of sp³-hybridized carbons (Fsp3) is 0. The van der Waals surface area contributed by atoms with Crippen molar-refractivity contribution in [3.05, 3.63) is 95.0 Å². The number of anilines is 1. The van der Waals surface area contributed by atoms with Gasteiger partial charge in [0.2, 0.25) is 0 Å². The highest BCUT2D eigenvalue weighted by molar-refractivity contribution is 6.41. The van der Waals surface area contributed by atoms with Gasteiger partial charge in [-0.2, -0.15) is 5.10 Å². The Morgan fingerprint density at radius 3 is 2.27 bits per heavy atom. The van der Waals surface area contributed by atoms with Crippen LogP contribution in [0.4, 0.5) is 5.69 Å². The summed E-state index contributed by atoms with van der Waals surface area (Å²) in [6, 6.07) is 21.7. The smallest absolute Gasteiger partial charge is 0.343 e. The Hall–Kier alpha value is -3.97. The zero-order valence-corrected chi connectivity index (χ0v) is 16.3. The number of para-hydroxylation sites is 2. The molecule has 0 aromatic heterocycles. The van der Waals surface area contributed by atoms with Gasteiger partial charge in [-0.3, -0.25) is 9.59 Å². The summed E-state index contributed by atoms with van der Waals surface area (Å²) in [5.74, 6) is -2.18. The van der Waals surface area contributed by atoms with E-state index in [-0.39, 0.29) is 5.75 Å². The van der Waals surface area contributed by atoms with Crippen molar-refractivity contribution in [3.63, 3.8) is 0 Å². The maximum Gasteiger partial charge on any atom is 0.343 e. The molecule has 0 radical (unpaired) electrons. The van der Waals surface area contributed by atoms with E-state index < -0.39 is 17.8 Å². The molecule has 0 spiro atoms. The van der Waals surface area contributed by atoms with Crippen LogP contribution < -0.4 is 15.5 Å². The lowest BCUT2D eigenvalue weighted by molar-refractivity contribution is -0.136. The van der Waals surface area contributed by atoms with Gasteiger partial charge < -0.3 is 10.1 Å². The molecule has 7 nitrogen and oxygen atoms in total. The zero-order chi connectivity index (χ0) is 21.3. The summed E-state index contributed by atoms with van der Waals surface area (Å²) in [5.41, 5.74) is 3.26. The van der Waals surface area contributed by atoms with Crippen molar-refractivity contribution in [2.24, 2.45) is 5.10 Å². The van der Waals surface area contributed by atoms with Crippen LogP contribution in [-0.2, 0) is 9.59 Å². The second-order valence-electron chi connectivity index (χ2n) is 5.93. The lowest BCUT2D eigenvalue weighted by Crippen LogP contribution is -2.32. The third kappa shape index (κ3) is 5.52. The number of amides is 2. The second kappa shape index (κ2) is 9.99. The van der Waals surface area contributed by atoms with Gasteiger partial charge in [-0.25, -0.2) is 10.2 Å². The van der Waals surface area contributed by atoms with E-state index in [2.05, 4.69) is 15.8 Å². The average Bonchev–Trinajstić information content (AvgIpc) is 2.77. The highest BCUT2D eigenvalue weighted by Gasteiger charge is 2.14. The molecule has 0 aliphatic rings. The van der Waals surface area contributed by atoms with E-state index in [0.29, 0.717) is 21.8 Å². The third-order valence-corrected chi connectivity index (χ3v) is 4.16. The van der Waals surface area contributed by atoms with E-state index in [4.69, 9.17) is 16.3 Å². The van der Waals surface area contributed by atoms with Gasteiger partial charge in [-0.05, 0) is 36.4 Å². The summed E-state index contributed by atoms with van der Waals surface area (Å²) >= 11 is 5.94. The third-order valence-electron chi connectivity index (χ3n) is 3.83. The molecular weight excluding hydrogens is 406 g/mol. The number of hydrazone groups is 1. The summed E-state index contributed by atoms with van der Waals surface area (Å²) in [7, 11) is 0. The van der Waals surface area contributed by atoms with Gasteiger partial charge in [-0.15, -0.1) is 0 Å². The Morgan fingerprint density at radius 1 is 0.833 bits per heavy atom. The monoisotopic (exact) mass is 421 g/mol. The fourth-order valence-electron chi connectivity index (χ4n) is 2.37. The Balaban J connectivity index is 1.62. The molecule has 0 aliphatic carbocycles. The Bertz CT molecular complexity index is 1100. The molecule has 3 rings (SSSR count). The maximum atomic E-state index is 12.2. The van der Waals surface area contributed by atoms with Crippen LogP contribution >= 0.6 is 11.6 Å². The number of carbonyl (C=O) groups excluding carboxylic acids is 3. The largest absolute Gasteiger partial charge is 0.422 e. The lowest BCUT2D eigenvalue weighted by atomic mass is 10.2. The molecule has 0 atom stereocenters. The van der Waals surface area contributed by atoms with E-state index in [1.165, 1.54) is 6.21 Å². The zero-order valence-electron chi connectivity index (χ0n) is 15.5. The van der Waals surface area contributed by atoms with E-state index in [1.807, 2.05) is 0 Å². The second-order valence-corrected chi connectivity index (χ2v) is 6.33. The van der Waals surface area contributed by atoms with Crippen LogP contribution in [0, 0.1) is 0 Å². The molecule has 0 bridgehead atoms. The first-order chi connectivity index (χ1) is 14.5. The first kappa shape index (κ1) is 20.8. The SMILES string of the molecule is O=C(NN=Cc1ccccc1OC(=O)c1ccccc1)C(=O)Nc1ccccc1Cl. The van der Waals surface area contributed by atoms with Gasteiger partial charge in [0.15, 0.2) is 0 Å². The molecule has 0 aliphatic heterocycles. The average molecular weight is 422 g/mol. The van der Waals surface area contributed by atoms with Gasteiger partial charge in [0, 0.05) is 5.56 Å². The Morgan fingerprint density at radius 2 is 1.50 bits per heavy atom. The molecule has 0 saturated carbocycles. The van der Waals surface area contributed by atoms with Gasteiger partial charge in [0.1, 0.15) is 5.75 Å². The molecule has 3 aromatic carbocycles. The van der Waals surface area contributed by atoms with Crippen LogP contribution in [0.2, 0.25) is 5.02 Å². The molecule has 150 valence electrons. The van der Waals surface area contributed by atoms with Crippen molar-refractivity contribution in [1.29, 1.82) is 0 Å². The van der Waals surface area contributed by atoms with E-state index >= 15 is 0 Å². The predicted octanol–water partition coefficient (Wildman–Crippen LogP) is 3.65. The molecule has 0 fully saturated rings. The van der Waals surface area contributed by atoms with Crippen LogP contribution in [-0.4, -0.2) is 24.0 Å². The van der Waals surface area contributed by atoms with Crippen molar-refractivity contribution in [1.82, 2.24) is 5.43 Å². The van der Waals surface area contributed by atoms with Gasteiger partial charge in [0.25, 0.3) is 0 Å².